The number of para-hydroxylation sites is 1. The van der Waals surface area contributed by atoms with Crippen LogP contribution >= 0.6 is 11.3 Å². The van der Waals surface area contributed by atoms with Gasteiger partial charge in [-0.2, -0.15) is 0 Å². The lowest BCUT2D eigenvalue weighted by atomic mass is 10.1. The van der Waals surface area contributed by atoms with E-state index in [4.69, 9.17) is 0 Å². The lowest BCUT2D eigenvalue weighted by Crippen LogP contribution is -2.28. The van der Waals surface area contributed by atoms with Gasteiger partial charge in [-0.1, -0.05) is 30.3 Å². The minimum absolute atomic E-state index is 0.102. The molecule has 2 heterocycles. The van der Waals surface area contributed by atoms with Gasteiger partial charge < -0.3 is 16.0 Å². The van der Waals surface area contributed by atoms with Crippen molar-refractivity contribution in [2.75, 3.05) is 10.6 Å². The zero-order valence-electron chi connectivity index (χ0n) is 18.0. The Labute approximate surface area is 195 Å². The Morgan fingerprint density at radius 2 is 1.67 bits per heavy atom. The van der Waals surface area contributed by atoms with E-state index in [1.807, 2.05) is 79.0 Å². The number of carbonyl (C=O) groups excluding carboxylic acids is 2. The van der Waals surface area contributed by atoms with E-state index in [9.17, 15) is 9.59 Å². The summed E-state index contributed by atoms with van der Waals surface area (Å²) in [6.07, 6.45) is 3.68. The highest BCUT2D eigenvalue weighted by atomic mass is 32.1. The summed E-state index contributed by atoms with van der Waals surface area (Å²) >= 11 is 1.50. The molecular formula is C25H23N5O2S. The number of hydrogen-bond donors (Lipinski definition) is 3. The smallest absolute Gasteiger partial charge is 0.323 e. The minimum Gasteiger partial charge on any atom is -0.349 e. The molecule has 0 aliphatic heterocycles. The number of anilines is 2. The Morgan fingerprint density at radius 3 is 2.36 bits per heavy atom. The summed E-state index contributed by atoms with van der Waals surface area (Å²) in [7, 11) is 0. The first-order valence-corrected chi connectivity index (χ1v) is 11.3. The number of nitrogens with zero attached hydrogens (tertiary/aromatic N) is 2. The summed E-state index contributed by atoms with van der Waals surface area (Å²) in [5, 5.41) is 11.3. The van der Waals surface area contributed by atoms with Gasteiger partial charge in [0, 0.05) is 34.7 Å². The molecule has 0 saturated heterocycles. The lowest BCUT2D eigenvalue weighted by Gasteiger charge is -2.15. The van der Waals surface area contributed by atoms with Crippen molar-refractivity contribution < 1.29 is 9.59 Å². The fourth-order valence-electron chi connectivity index (χ4n) is 3.22. The highest BCUT2D eigenvalue weighted by Crippen LogP contribution is 2.23. The van der Waals surface area contributed by atoms with Crippen LogP contribution < -0.4 is 16.0 Å². The number of carbonyl (C=O) groups is 2. The zero-order chi connectivity index (χ0) is 23.0. The van der Waals surface area contributed by atoms with E-state index in [0.717, 1.165) is 27.5 Å². The van der Waals surface area contributed by atoms with Gasteiger partial charge >= 0.3 is 6.03 Å². The first kappa shape index (κ1) is 22.2. The Morgan fingerprint density at radius 1 is 0.939 bits per heavy atom. The maximum Gasteiger partial charge on any atom is 0.323 e. The maximum atomic E-state index is 12.5. The zero-order valence-corrected chi connectivity index (χ0v) is 18.8. The van der Waals surface area contributed by atoms with Crippen molar-refractivity contribution in [3.05, 3.63) is 95.8 Å². The molecule has 166 valence electrons. The van der Waals surface area contributed by atoms with Gasteiger partial charge in [-0.3, -0.25) is 9.78 Å². The molecule has 7 nitrogen and oxygen atoms in total. The van der Waals surface area contributed by atoms with Crippen LogP contribution in [0.4, 0.5) is 16.2 Å². The molecule has 0 radical (unpaired) electrons. The SMILES string of the molecule is CC(NC(=O)Cc1csc(-c2cccnc2)n1)c1ccc(NC(=O)Nc2ccccc2)cc1. The van der Waals surface area contributed by atoms with Crippen LogP contribution in [0.2, 0.25) is 0 Å². The number of hydrogen-bond acceptors (Lipinski definition) is 5. The molecule has 2 aromatic carbocycles. The Kier molecular flexibility index (Phi) is 7.06. The average molecular weight is 458 g/mol. The molecule has 33 heavy (non-hydrogen) atoms. The molecule has 4 aromatic rings. The fraction of sp³-hybridized carbons (Fsp3) is 0.120. The summed E-state index contributed by atoms with van der Waals surface area (Å²) in [6, 6.07) is 19.9. The molecule has 0 saturated carbocycles. The van der Waals surface area contributed by atoms with E-state index in [1.54, 1.807) is 12.4 Å². The van der Waals surface area contributed by atoms with E-state index in [-0.39, 0.29) is 24.4 Å². The Bertz CT molecular complexity index is 1210. The molecule has 1 atom stereocenters. The predicted molar refractivity (Wildman–Crippen MR) is 131 cm³/mol. The molecule has 0 fully saturated rings. The van der Waals surface area contributed by atoms with Crippen molar-refractivity contribution in [1.29, 1.82) is 0 Å². The van der Waals surface area contributed by atoms with Gasteiger partial charge in [0.15, 0.2) is 0 Å². The molecule has 3 amide bonds. The largest absolute Gasteiger partial charge is 0.349 e. The highest BCUT2D eigenvalue weighted by molar-refractivity contribution is 7.13. The van der Waals surface area contributed by atoms with Crippen molar-refractivity contribution in [2.24, 2.45) is 0 Å². The van der Waals surface area contributed by atoms with Crippen LogP contribution in [0.5, 0.6) is 0 Å². The second kappa shape index (κ2) is 10.5. The molecule has 2 aromatic heterocycles. The van der Waals surface area contributed by atoms with Crippen molar-refractivity contribution in [2.45, 2.75) is 19.4 Å². The first-order valence-electron chi connectivity index (χ1n) is 10.4. The molecule has 8 heteroatoms. The summed E-state index contributed by atoms with van der Waals surface area (Å²) in [4.78, 5) is 33.3. The topological polar surface area (TPSA) is 96.0 Å². The number of benzene rings is 2. The van der Waals surface area contributed by atoms with Crippen LogP contribution in [0, 0.1) is 0 Å². The first-order chi connectivity index (χ1) is 16.1. The fourth-order valence-corrected chi connectivity index (χ4v) is 4.03. The minimum atomic E-state index is -0.316. The molecule has 4 rings (SSSR count). The van der Waals surface area contributed by atoms with Crippen molar-refractivity contribution in [3.8, 4) is 10.6 Å². The number of pyridine rings is 1. The van der Waals surface area contributed by atoms with Crippen LogP contribution in [-0.4, -0.2) is 21.9 Å². The van der Waals surface area contributed by atoms with Crippen molar-refractivity contribution in [1.82, 2.24) is 15.3 Å². The van der Waals surface area contributed by atoms with Crippen LogP contribution in [0.1, 0.15) is 24.2 Å². The van der Waals surface area contributed by atoms with Crippen molar-refractivity contribution in [3.63, 3.8) is 0 Å². The van der Waals surface area contributed by atoms with Crippen LogP contribution in [-0.2, 0) is 11.2 Å². The number of rotatable bonds is 7. The normalized spacial score (nSPS) is 11.4. The molecular weight excluding hydrogens is 434 g/mol. The van der Waals surface area contributed by atoms with E-state index < -0.39 is 0 Å². The molecule has 3 N–H and O–H groups in total. The standard InChI is InChI=1S/C25H23N5O2S/c1-17(27-23(31)14-22-16-33-24(28-22)19-6-5-13-26-15-19)18-9-11-21(12-10-18)30-25(32)29-20-7-3-2-4-8-20/h2-13,15-17H,14H2,1H3,(H,27,31)(H2,29,30,32). The Balaban J connectivity index is 1.28. The molecule has 0 spiro atoms. The highest BCUT2D eigenvalue weighted by Gasteiger charge is 2.13. The summed E-state index contributed by atoms with van der Waals surface area (Å²) in [5.41, 5.74) is 3.99. The van der Waals surface area contributed by atoms with Gasteiger partial charge in [-0.25, -0.2) is 9.78 Å². The van der Waals surface area contributed by atoms with Gasteiger partial charge in [0.05, 0.1) is 18.2 Å². The molecule has 1 unspecified atom stereocenters. The van der Waals surface area contributed by atoms with Crippen LogP contribution in [0.25, 0.3) is 10.6 Å². The molecule has 0 aliphatic carbocycles. The monoisotopic (exact) mass is 457 g/mol. The number of amides is 3. The number of nitrogens with one attached hydrogen (secondary N) is 3. The average Bonchev–Trinajstić information content (AvgIpc) is 3.29. The van der Waals surface area contributed by atoms with Gasteiger partial charge in [0.25, 0.3) is 0 Å². The molecule has 0 bridgehead atoms. The summed E-state index contributed by atoms with van der Waals surface area (Å²) < 4.78 is 0. The quantitative estimate of drug-likeness (QED) is 0.352. The number of aromatic nitrogens is 2. The predicted octanol–water partition coefficient (Wildman–Crippen LogP) is 5.27. The van der Waals surface area contributed by atoms with Crippen LogP contribution in [0.15, 0.2) is 84.5 Å². The van der Waals surface area contributed by atoms with Gasteiger partial charge in [0.2, 0.25) is 5.91 Å². The van der Waals surface area contributed by atoms with Gasteiger partial charge in [0.1, 0.15) is 5.01 Å². The number of urea groups is 1. The van der Waals surface area contributed by atoms with E-state index in [1.165, 1.54) is 11.3 Å². The second-order valence-electron chi connectivity index (χ2n) is 7.42. The maximum absolute atomic E-state index is 12.5. The third-order valence-electron chi connectivity index (χ3n) is 4.88. The second-order valence-corrected chi connectivity index (χ2v) is 8.28. The third-order valence-corrected chi connectivity index (χ3v) is 5.82. The Hall–Kier alpha value is -4.04. The van der Waals surface area contributed by atoms with Gasteiger partial charge in [-0.05, 0) is 48.9 Å². The van der Waals surface area contributed by atoms with Gasteiger partial charge in [-0.15, -0.1) is 11.3 Å². The van der Waals surface area contributed by atoms with E-state index in [2.05, 4.69) is 25.9 Å². The van der Waals surface area contributed by atoms with E-state index >= 15 is 0 Å². The molecule has 0 aliphatic rings. The number of thiazole rings is 1. The van der Waals surface area contributed by atoms with Crippen LogP contribution in [0.3, 0.4) is 0 Å². The summed E-state index contributed by atoms with van der Waals surface area (Å²) in [5.74, 6) is -0.102. The third kappa shape index (κ3) is 6.24. The summed E-state index contributed by atoms with van der Waals surface area (Å²) in [6.45, 7) is 1.92. The van der Waals surface area contributed by atoms with Crippen molar-refractivity contribution >= 4 is 34.6 Å². The van der Waals surface area contributed by atoms with E-state index in [0.29, 0.717) is 5.69 Å². The lowest BCUT2D eigenvalue weighted by molar-refractivity contribution is -0.121.